The number of hydrogen-bond donors (Lipinski definition) is 2. The van der Waals surface area contributed by atoms with Crippen molar-refractivity contribution in [2.75, 3.05) is 13.7 Å². The molecule has 0 radical (unpaired) electrons. The molecule has 1 atom stereocenters. The van der Waals surface area contributed by atoms with Crippen LogP contribution >= 0.6 is 0 Å². The number of terminal acetylenes is 1. The van der Waals surface area contributed by atoms with Crippen molar-refractivity contribution < 1.29 is 24.2 Å². The van der Waals surface area contributed by atoms with Gasteiger partial charge in [0.1, 0.15) is 18.2 Å². The predicted molar refractivity (Wildman–Crippen MR) is 120 cm³/mol. The first-order chi connectivity index (χ1) is 15.2. The Bertz CT molecular complexity index is 1040. The number of hydrogen-bond acceptors (Lipinski definition) is 4. The number of benzene rings is 2. The first kappa shape index (κ1) is 22.9. The van der Waals surface area contributed by atoms with Gasteiger partial charge in [-0.3, -0.25) is 4.79 Å². The average Bonchev–Trinajstić information content (AvgIpc) is 3.10. The zero-order chi connectivity index (χ0) is 23.5. The second-order valence-corrected chi connectivity index (χ2v) is 8.19. The Morgan fingerprint density at radius 3 is 2.16 bits per heavy atom. The van der Waals surface area contributed by atoms with E-state index in [1.807, 2.05) is 48.5 Å². The number of carboxylic acid groups (broad SMARTS) is 1. The summed E-state index contributed by atoms with van der Waals surface area (Å²) in [5, 5.41) is 11.9. The number of alkyl carbamates (subject to hydrolysis) is 1. The van der Waals surface area contributed by atoms with Crippen LogP contribution in [0.1, 0.15) is 37.3 Å². The Kier molecular flexibility index (Phi) is 6.54. The summed E-state index contributed by atoms with van der Waals surface area (Å²) in [7, 11) is 1.36. The molecule has 0 bridgehead atoms. The average molecular weight is 434 g/mol. The van der Waals surface area contributed by atoms with Gasteiger partial charge in [-0.25, -0.2) is 9.59 Å². The number of ether oxygens (including phenoxy) is 1. The van der Waals surface area contributed by atoms with Gasteiger partial charge in [-0.1, -0.05) is 48.5 Å². The van der Waals surface area contributed by atoms with E-state index in [-0.39, 0.29) is 18.9 Å². The van der Waals surface area contributed by atoms with Crippen LogP contribution in [0.2, 0.25) is 0 Å². The summed E-state index contributed by atoms with van der Waals surface area (Å²) >= 11 is 0. The minimum Gasteiger partial charge on any atom is -0.480 e. The summed E-state index contributed by atoms with van der Waals surface area (Å²) in [6, 6.07) is 14.8. The maximum Gasteiger partial charge on any atom is 0.407 e. The fraction of sp³-hybridized carbons (Fsp3) is 0.320. The number of aliphatic carboxylic acids is 1. The molecule has 0 aromatic heterocycles. The zero-order valence-corrected chi connectivity index (χ0v) is 18.3. The third-order valence-corrected chi connectivity index (χ3v) is 5.95. The van der Waals surface area contributed by atoms with Gasteiger partial charge in [0.25, 0.3) is 0 Å². The highest BCUT2D eigenvalue weighted by atomic mass is 16.5. The number of carbonyl (C=O) groups is 3. The van der Waals surface area contributed by atoms with Crippen molar-refractivity contribution in [2.24, 2.45) is 0 Å². The van der Waals surface area contributed by atoms with Gasteiger partial charge in [-0.2, -0.15) is 0 Å². The molecule has 166 valence electrons. The Morgan fingerprint density at radius 1 is 1.12 bits per heavy atom. The lowest BCUT2D eigenvalue weighted by Crippen LogP contribution is -2.57. The SMILES string of the molecule is C#CCC(NC(=O)OCC1c2ccccc2-c2ccccc21)C(=O)N(C)C(C)(C)C(=O)O. The Hall–Kier alpha value is -3.79. The summed E-state index contributed by atoms with van der Waals surface area (Å²) < 4.78 is 5.47. The summed E-state index contributed by atoms with van der Waals surface area (Å²) in [6.07, 6.45) is 4.48. The van der Waals surface area contributed by atoms with Crippen molar-refractivity contribution in [3.05, 3.63) is 59.7 Å². The molecular weight excluding hydrogens is 408 g/mol. The van der Waals surface area contributed by atoms with Gasteiger partial charge in [0.15, 0.2) is 0 Å². The van der Waals surface area contributed by atoms with Crippen molar-refractivity contribution in [3.8, 4) is 23.5 Å². The smallest absolute Gasteiger partial charge is 0.407 e. The van der Waals surface area contributed by atoms with Crippen LogP contribution in [0.15, 0.2) is 48.5 Å². The van der Waals surface area contributed by atoms with E-state index < -0.39 is 29.6 Å². The molecule has 0 aliphatic heterocycles. The van der Waals surface area contributed by atoms with E-state index >= 15 is 0 Å². The maximum absolute atomic E-state index is 12.8. The molecule has 2 aromatic rings. The summed E-state index contributed by atoms with van der Waals surface area (Å²) in [5.74, 6) is 0.446. The molecule has 2 N–H and O–H groups in total. The van der Waals surface area contributed by atoms with Gasteiger partial charge < -0.3 is 20.1 Å². The van der Waals surface area contributed by atoms with Gasteiger partial charge in [0.05, 0.1) is 0 Å². The van der Waals surface area contributed by atoms with Crippen LogP contribution in [0.25, 0.3) is 11.1 Å². The number of carboxylic acids is 1. The standard InChI is InChI=1S/C25H26N2O5/c1-5-10-21(22(28)27(4)25(2,3)23(29)30)26-24(31)32-15-20-18-13-8-6-11-16(18)17-12-7-9-14-19(17)20/h1,6-9,11-14,20-21H,10,15H2,2-4H3,(H,26,31)(H,29,30). The number of nitrogens with zero attached hydrogens (tertiary/aromatic N) is 1. The molecule has 0 fully saturated rings. The quantitative estimate of drug-likeness (QED) is 0.653. The molecule has 0 saturated carbocycles. The van der Waals surface area contributed by atoms with Crippen molar-refractivity contribution in [2.45, 2.75) is 37.8 Å². The number of likely N-dealkylation sites (N-methyl/N-ethyl adjacent to an activating group) is 1. The molecule has 1 aliphatic carbocycles. The lowest BCUT2D eigenvalue weighted by Gasteiger charge is -2.34. The van der Waals surface area contributed by atoms with E-state index in [1.165, 1.54) is 20.9 Å². The zero-order valence-electron chi connectivity index (χ0n) is 18.3. The second-order valence-electron chi connectivity index (χ2n) is 8.19. The first-order valence-electron chi connectivity index (χ1n) is 10.2. The highest BCUT2D eigenvalue weighted by Gasteiger charge is 2.38. The summed E-state index contributed by atoms with van der Waals surface area (Å²) in [4.78, 5) is 37.9. The monoisotopic (exact) mass is 434 g/mol. The van der Waals surface area contributed by atoms with Gasteiger partial charge in [-0.05, 0) is 36.1 Å². The number of carbonyl (C=O) groups excluding carboxylic acids is 2. The number of amides is 2. The van der Waals surface area contributed by atoms with Crippen LogP contribution in [0.4, 0.5) is 4.79 Å². The molecule has 32 heavy (non-hydrogen) atoms. The topological polar surface area (TPSA) is 95.9 Å². The fourth-order valence-corrected chi connectivity index (χ4v) is 3.75. The Labute approximate surface area is 187 Å². The van der Waals surface area contributed by atoms with Crippen LogP contribution in [-0.2, 0) is 14.3 Å². The summed E-state index contributed by atoms with van der Waals surface area (Å²) in [6.45, 7) is 2.88. The van der Waals surface area contributed by atoms with Crippen LogP contribution in [0.3, 0.4) is 0 Å². The molecule has 3 rings (SSSR count). The van der Waals surface area contributed by atoms with E-state index in [0.717, 1.165) is 27.2 Å². The van der Waals surface area contributed by atoms with Crippen molar-refractivity contribution in [1.29, 1.82) is 0 Å². The largest absolute Gasteiger partial charge is 0.480 e. The van der Waals surface area contributed by atoms with Gasteiger partial charge in [0, 0.05) is 19.4 Å². The van der Waals surface area contributed by atoms with Crippen molar-refractivity contribution in [3.63, 3.8) is 0 Å². The van der Waals surface area contributed by atoms with Gasteiger partial charge in [0.2, 0.25) is 5.91 Å². The lowest BCUT2D eigenvalue weighted by atomic mass is 9.98. The molecule has 7 heteroatoms. The van der Waals surface area contributed by atoms with Crippen LogP contribution in [-0.4, -0.2) is 53.2 Å². The minimum atomic E-state index is -1.47. The molecule has 7 nitrogen and oxygen atoms in total. The fourth-order valence-electron chi connectivity index (χ4n) is 3.75. The van der Waals surface area contributed by atoms with Crippen molar-refractivity contribution in [1.82, 2.24) is 10.2 Å². The molecule has 0 heterocycles. The molecule has 0 saturated heterocycles. The Morgan fingerprint density at radius 2 is 1.66 bits per heavy atom. The Balaban J connectivity index is 1.70. The second kappa shape index (κ2) is 9.15. The van der Waals surface area contributed by atoms with Crippen LogP contribution in [0, 0.1) is 12.3 Å². The van der Waals surface area contributed by atoms with Crippen LogP contribution < -0.4 is 5.32 Å². The van der Waals surface area contributed by atoms with E-state index in [0.29, 0.717) is 0 Å². The van der Waals surface area contributed by atoms with E-state index in [2.05, 4.69) is 11.2 Å². The number of nitrogens with one attached hydrogen (secondary N) is 1. The minimum absolute atomic E-state index is 0.0906. The number of fused-ring (bicyclic) bond motifs is 3. The van der Waals surface area contributed by atoms with E-state index in [4.69, 9.17) is 11.2 Å². The van der Waals surface area contributed by atoms with E-state index in [1.54, 1.807) is 0 Å². The number of rotatable bonds is 7. The lowest BCUT2D eigenvalue weighted by molar-refractivity contribution is -0.156. The molecule has 0 spiro atoms. The molecule has 1 unspecified atom stereocenters. The molecule has 2 amide bonds. The highest BCUT2D eigenvalue weighted by molar-refractivity contribution is 5.91. The van der Waals surface area contributed by atoms with Gasteiger partial charge in [-0.15, -0.1) is 12.3 Å². The maximum atomic E-state index is 12.8. The molecule has 2 aromatic carbocycles. The predicted octanol–water partition coefficient (Wildman–Crippen LogP) is 3.24. The summed E-state index contributed by atoms with van der Waals surface area (Å²) in [5.41, 5.74) is 2.89. The highest BCUT2D eigenvalue weighted by Crippen LogP contribution is 2.44. The first-order valence-corrected chi connectivity index (χ1v) is 10.2. The van der Waals surface area contributed by atoms with E-state index in [9.17, 15) is 19.5 Å². The van der Waals surface area contributed by atoms with Gasteiger partial charge >= 0.3 is 12.1 Å². The normalized spacial score (nSPS) is 13.3. The van der Waals surface area contributed by atoms with Crippen molar-refractivity contribution >= 4 is 18.0 Å². The molecular formula is C25H26N2O5. The molecule has 1 aliphatic rings. The third kappa shape index (κ3) is 4.30. The van der Waals surface area contributed by atoms with Crippen LogP contribution in [0.5, 0.6) is 0 Å². The third-order valence-electron chi connectivity index (χ3n) is 5.95.